The lowest BCUT2D eigenvalue weighted by Crippen LogP contribution is -2.08. The number of nitrogens with zero attached hydrogens (tertiary/aromatic N) is 4. The summed E-state index contributed by atoms with van der Waals surface area (Å²) < 4.78 is 1.93. The third-order valence-electron chi connectivity index (χ3n) is 2.91. The van der Waals surface area contributed by atoms with Crippen LogP contribution in [0.3, 0.4) is 0 Å². The van der Waals surface area contributed by atoms with Crippen LogP contribution in [0.5, 0.6) is 0 Å². The fraction of sp³-hybridized carbons (Fsp3) is 0.462. The fourth-order valence-corrected chi connectivity index (χ4v) is 1.86. The third kappa shape index (κ3) is 2.20. The van der Waals surface area contributed by atoms with Gasteiger partial charge in [-0.3, -0.25) is 4.68 Å². The summed E-state index contributed by atoms with van der Waals surface area (Å²) in [5.41, 5.74) is 3.79. The molecular formula is C13H19N5. The summed E-state index contributed by atoms with van der Waals surface area (Å²) in [5.74, 6) is 0.829. The van der Waals surface area contributed by atoms with E-state index in [9.17, 15) is 0 Å². The number of hydrogen-bond donors (Lipinski definition) is 1. The minimum Gasteiger partial charge on any atom is -0.368 e. The number of nitrogens with one attached hydrogen (secondary N) is 1. The molecule has 96 valence electrons. The lowest BCUT2D eigenvalue weighted by atomic mass is 10.2. The van der Waals surface area contributed by atoms with E-state index in [1.165, 1.54) is 0 Å². The van der Waals surface area contributed by atoms with Gasteiger partial charge < -0.3 is 5.32 Å². The maximum Gasteiger partial charge on any atom is 0.154 e. The quantitative estimate of drug-likeness (QED) is 0.898. The van der Waals surface area contributed by atoms with Gasteiger partial charge in [-0.2, -0.15) is 5.10 Å². The summed E-state index contributed by atoms with van der Waals surface area (Å²) in [6, 6.07) is 1.98. The molecule has 0 aliphatic rings. The molecule has 5 heteroatoms. The van der Waals surface area contributed by atoms with Crippen molar-refractivity contribution in [3.8, 4) is 11.4 Å². The highest BCUT2D eigenvalue weighted by Gasteiger charge is 2.14. The molecule has 0 spiro atoms. The Morgan fingerprint density at radius 1 is 1.17 bits per heavy atom. The molecule has 0 atom stereocenters. The first kappa shape index (κ1) is 12.5. The Morgan fingerprint density at radius 3 is 2.56 bits per heavy atom. The van der Waals surface area contributed by atoms with Crippen LogP contribution in [0.2, 0.25) is 0 Å². The summed E-state index contributed by atoms with van der Waals surface area (Å²) >= 11 is 0. The van der Waals surface area contributed by atoms with Crippen molar-refractivity contribution >= 4 is 5.82 Å². The van der Waals surface area contributed by atoms with Gasteiger partial charge in [0.15, 0.2) is 5.82 Å². The molecule has 2 rings (SSSR count). The van der Waals surface area contributed by atoms with Gasteiger partial charge >= 0.3 is 0 Å². The molecular weight excluding hydrogens is 226 g/mol. The fourth-order valence-electron chi connectivity index (χ4n) is 1.86. The first-order valence-electron chi connectivity index (χ1n) is 6.28. The van der Waals surface area contributed by atoms with E-state index in [0.29, 0.717) is 0 Å². The highest BCUT2D eigenvalue weighted by molar-refractivity contribution is 5.69. The van der Waals surface area contributed by atoms with E-state index in [1.54, 1.807) is 6.20 Å². The van der Waals surface area contributed by atoms with Crippen molar-refractivity contribution < 1.29 is 0 Å². The Labute approximate surface area is 107 Å². The highest BCUT2D eigenvalue weighted by Crippen LogP contribution is 2.25. The molecule has 0 unspecified atom stereocenters. The number of hydrogen-bond acceptors (Lipinski definition) is 4. The molecule has 0 aromatic carbocycles. The van der Waals surface area contributed by atoms with Gasteiger partial charge in [0, 0.05) is 19.3 Å². The first-order valence-corrected chi connectivity index (χ1v) is 6.28. The van der Waals surface area contributed by atoms with Crippen molar-refractivity contribution in [1.82, 2.24) is 19.7 Å². The van der Waals surface area contributed by atoms with E-state index in [4.69, 9.17) is 0 Å². The minimum absolute atomic E-state index is 0.822. The predicted molar refractivity (Wildman–Crippen MR) is 72.6 cm³/mol. The first-order chi connectivity index (χ1) is 8.67. The van der Waals surface area contributed by atoms with Gasteiger partial charge in [0.2, 0.25) is 0 Å². The topological polar surface area (TPSA) is 55.6 Å². The van der Waals surface area contributed by atoms with Crippen LogP contribution in [0.25, 0.3) is 11.4 Å². The van der Waals surface area contributed by atoms with Crippen molar-refractivity contribution in [2.45, 2.75) is 34.2 Å². The molecule has 0 aliphatic heterocycles. The van der Waals surface area contributed by atoms with Crippen LogP contribution in [-0.2, 0) is 6.54 Å². The molecule has 2 aromatic heterocycles. The average Bonchev–Trinajstić information content (AvgIpc) is 2.82. The summed E-state index contributed by atoms with van der Waals surface area (Å²) in [6.45, 7) is 9.72. The number of aromatic nitrogens is 4. The molecule has 0 bridgehead atoms. The molecule has 0 saturated heterocycles. The van der Waals surface area contributed by atoms with Gasteiger partial charge in [0.1, 0.15) is 5.69 Å². The summed E-state index contributed by atoms with van der Waals surface area (Å²) in [7, 11) is 0. The predicted octanol–water partition coefficient (Wildman–Crippen LogP) is 2.41. The summed E-state index contributed by atoms with van der Waals surface area (Å²) in [6.07, 6.45) is 1.80. The molecule has 18 heavy (non-hydrogen) atoms. The van der Waals surface area contributed by atoms with E-state index in [-0.39, 0.29) is 0 Å². The second-order valence-corrected chi connectivity index (χ2v) is 4.15. The van der Waals surface area contributed by atoms with Gasteiger partial charge in [-0.1, -0.05) is 0 Å². The Balaban J connectivity index is 2.58. The van der Waals surface area contributed by atoms with E-state index < -0.39 is 0 Å². The average molecular weight is 245 g/mol. The van der Waals surface area contributed by atoms with Gasteiger partial charge in [-0.15, -0.1) is 0 Å². The van der Waals surface area contributed by atoms with Gasteiger partial charge in [0.05, 0.1) is 17.1 Å². The summed E-state index contributed by atoms with van der Waals surface area (Å²) in [4.78, 5) is 9.24. The molecule has 0 fully saturated rings. The van der Waals surface area contributed by atoms with E-state index in [0.717, 1.165) is 41.7 Å². The van der Waals surface area contributed by atoms with E-state index in [2.05, 4.69) is 34.2 Å². The number of rotatable bonds is 4. The monoisotopic (exact) mass is 245 g/mol. The Morgan fingerprint density at radius 2 is 1.89 bits per heavy atom. The normalized spacial score (nSPS) is 10.7. The second-order valence-electron chi connectivity index (χ2n) is 4.15. The minimum atomic E-state index is 0.822. The molecule has 0 aliphatic carbocycles. The molecule has 0 amide bonds. The second kappa shape index (κ2) is 5.16. The third-order valence-corrected chi connectivity index (χ3v) is 2.91. The van der Waals surface area contributed by atoms with Crippen molar-refractivity contribution in [3.05, 3.63) is 23.7 Å². The maximum atomic E-state index is 4.66. The van der Waals surface area contributed by atoms with Crippen LogP contribution in [-0.4, -0.2) is 26.3 Å². The van der Waals surface area contributed by atoms with Crippen LogP contribution in [0.4, 0.5) is 5.82 Å². The Kier molecular flexibility index (Phi) is 3.60. The Bertz CT molecular complexity index is 544. The SMILES string of the molecule is CCNc1nc(C)c(C)nc1-c1ccnn1CC. The van der Waals surface area contributed by atoms with Crippen molar-refractivity contribution in [3.63, 3.8) is 0 Å². The number of aryl methyl sites for hydroxylation is 3. The van der Waals surface area contributed by atoms with Gasteiger partial charge in [-0.25, -0.2) is 9.97 Å². The molecule has 2 heterocycles. The van der Waals surface area contributed by atoms with Gasteiger partial charge in [0.25, 0.3) is 0 Å². The zero-order valence-electron chi connectivity index (χ0n) is 11.4. The van der Waals surface area contributed by atoms with Gasteiger partial charge in [-0.05, 0) is 33.8 Å². The lowest BCUT2D eigenvalue weighted by molar-refractivity contribution is 0.665. The van der Waals surface area contributed by atoms with E-state index in [1.807, 2.05) is 24.6 Å². The molecule has 0 saturated carbocycles. The van der Waals surface area contributed by atoms with Crippen LogP contribution < -0.4 is 5.32 Å². The van der Waals surface area contributed by atoms with Crippen LogP contribution in [0.15, 0.2) is 12.3 Å². The van der Waals surface area contributed by atoms with E-state index >= 15 is 0 Å². The number of anilines is 1. The lowest BCUT2D eigenvalue weighted by Gasteiger charge is -2.12. The van der Waals surface area contributed by atoms with Crippen LogP contribution in [0, 0.1) is 13.8 Å². The van der Waals surface area contributed by atoms with Crippen molar-refractivity contribution in [1.29, 1.82) is 0 Å². The van der Waals surface area contributed by atoms with Crippen LogP contribution in [0.1, 0.15) is 25.2 Å². The summed E-state index contributed by atoms with van der Waals surface area (Å²) in [5, 5.41) is 7.55. The maximum absolute atomic E-state index is 4.66. The largest absolute Gasteiger partial charge is 0.368 e. The van der Waals surface area contributed by atoms with Crippen molar-refractivity contribution in [2.75, 3.05) is 11.9 Å². The highest BCUT2D eigenvalue weighted by atomic mass is 15.3. The molecule has 0 radical (unpaired) electrons. The zero-order valence-corrected chi connectivity index (χ0v) is 11.4. The van der Waals surface area contributed by atoms with Crippen molar-refractivity contribution in [2.24, 2.45) is 0 Å². The Hall–Kier alpha value is -1.91. The molecule has 5 nitrogen and oxygen atoms in total. The standard InChI is InChI=1S/C13H19N5/c1-5-14-13-12(16-9(3)10(4)17-13)11-7-8-15-18(11)6-2/h7-8H,5-6H2,1-4H3,(H,14,17). The molecule has 1 N–H and O–H groups in total. The molecule has 2 aromatic rings. The smallest absolute Gasteiger partial charge is 0.154 e. The zero-order chi connectivity index (χ0) is 13.1. The van der Waals surface area contributed by atoms with Crippen LogP contribution >= 0.6 is 0 Å².